The van der Waals surface area contributed by atoms with Gasteiger partial charge in [0.15, 0.2) is 0 Å². The van der Waals surface area contributed by atoms with Gasteiger partial charge < -0.3 is 0 Å². The van der Waals surface area contributed by atoms with E-state index in [1.165, 1.54) is 22.3 Å². The summed E-state index contributed by atoms with van der Waals surface area (Å²) in [5.74, 6) is 0. The summed E-state index contributed by atoms with van der Waals surface area (Å²) in [5.41, 5.74) is 5.28. The van der Waals surface area contributed by atoms with Gasteiger partial charge in [-0.1, -0.05) is 29.8 Å². The quantitative estimate of drug-likeness (QED) is 0.588. The molecule has 0 unspecified atom stereocenters. The van der Waals surface area contributed by atoms with Crippen LogP contribution in [-0.4, -0.2) is 0 Å². The molecule has 63 valence electrons. The van der Waals surface area contributed by atoms with Crippen LogP contribution in [0.3, 0.4) is 0 Å². The molecule has 0 aliphatic heterocycles. The van der Waals surface area contributed by atoms with Crippen LogP contribution in [0.15, 0.2) is 18.2 Å². The number of hydrogen-bond donors (Lipinski definition) is 0. The molecular weight excluding hydrogens is 144 g/mol. The first-order valence-electron chi connectivity index (χ1n) is 4.18. The smallest absolute Gasteiger partial charge is 0.0201 e. The van der Waals surface area contributed by atoms with Crippen LogP contribution in [-0.2, 0) is 0 Å². The summed E-state index contributed by atoms with van der Waals surface area (Å²) >= 11 is 0. The van der Waals surface area contributed by atoms with Crippen molar-refractivity contribution in [1.29, 1.82) is 0 Å². The van der Waals surface area contributed by atoms with E-state index in [0.29, 0.717) is 0 Å². The standard InChI is InChI=1S/C12H15/c1-5-6-12-10(3)7-9(2)8-11(12)4/h5-8H,1H2,2-4H3/b6-5+. The zero-order valence-electron chi connectivity index (χ0n) is 8.02. The number of aryl methyl sites for hydroxylation is 3. The Bertz CT molecular complexity index is 283. The molecule has 1 aromatic carbocycles. The van der Waals surface area contributed by atoms with E-state index in [-0.39, 0.29) is 0 Å². The molecule has 0 nitrogen and oxygen atoms in total. The summed E-state index contributed by atoms with van der Waals surface area (Å²) in [6, 6.07) is 4.39. The van der Waals surface area contributed by atoms with Gasteiger partial charge in [0.2, 0.25) is 0 Å². The van der Waals surface area contributed by atoms with Crippen molar-refractivity contribution in [2.45, 2.75) is 20.8 Å². The third-order valence-electron chi connectivity index (χ3n) is 2.02. The molecule has 1 rings (SSSR count). The third-order valence-corrected chi connectivity index (χ3v) is 2.02. The van der Waals surface area contributed by atoms with E-state index in [0.717, 1.165) is 0 Å². The Morgan fingerprint density at radius 2 is 1.58 bits per heavy atom. The van der Waals surface area contributed by atoms with Crippen LogP contribution in [0.2, 0.25) is 0 Å². The van der Waals surface area contributed by atoms with Crippen LogP contribution in [0.1, 0.15) is 22.3 Å². The maximum Gasteiger partial charge on any atom is -0.0201 e. The minimum absolute atomic E-state index is 1.30. The van der Waals surface area contributed by atoms with Gasteiger partial charge in [0, 0.05) is 0 Å². The highest BCUT2D eigenvalue weighted by molar-refractivity contribution is 5.58. The SMILES string of the molecule is [CH2]/C=C/c1c(C)cc(C)cc1C. The van der Waals surface area contributed by atoms with Crippen molar-refractivity contribution >= 4 is 6.08 Å². The molecule has 0 bridgehead atoms. The van der Waals surface area contributed by atoms with Gasteiger partial charge in [0.05, 0.1) is 0 Å². The van der Waals surface area contributed by atoms with Gasteiger partial charge in [0.1, 0.15) is 0 Å². The first-order chi connectivity index (χ1) is 5.65. The number of allylic oxidation sites excluding steroid dienone is 1. The Kier molecular flexibility index (Phi) is 2.69. The Labute approximate surface area is 74.9 Å². The second kappa shape index (κ2) is 3.57. The van der Waals surface area contributed by atoms with Crippen LogP contribution in [0, 0.1) is 27.7 Å². The lowest BCUT2D eigenvalue weighted by molar-refractivity contribution is 1.30. The maximum absolute atomic E-state index is 3.71. The Morgan fingerprint density at radius 1 is 1.08 bits per heavy atom. The van der Waals surface area contributed by atoms with Gasteiger partial charge in [-0.15, -0.1) is 0 Å². The first kappa shape index (κ1) is 9.05. The van der Waals surface area contributed by atoms with Gasteiger partial charge in [0.25, 0.3) is 0 Å². The van der Waals surface area contributed by atoms with Crippen molar-refractivity contribution in [3.8, 4) is 0 Å². The minimum Gasteiger partial charge on any atom is -0.0836 e. The fourth-order valence-corrected chi connectivity index (χ4v) is 1.57. The van der Waals surface area contributed by atoms with Crippen molar-refractivity contribution < 1.29 is 0 Å². The van der Waals surface area contributed by atoms with Crippen molar-refractivity contribution in [1.82, 2.24) is 0 Å². The van der Waals surface area contributed by atoms with E-state index in [1.807, 2.05) is 6.08 Å². The first-order valence-corrected chi connectivity index (χ1v) is 4.18. The Balaban J connectivity index is 3.28. The van der Waals surface area contributed by atoms with Gasteiger partial charge in [-0.25, -0.2) is 0 Å². The molecule has 12 heavy (non-hydrogen) atoms. The molecule has 1 aromatic rings. The predicted molar refractivity (Wildman–Crippen MR) is 55.0 cm³/mol. The van der Waals surface area contributed by atoms with Gasteiger partial charge >= 0.3 is 0 Å². The molecule has 0 N–H and O–H groups in total. The molecule has 0 atom stereocenters. The zero-order chi connectivity index (χ0) is 9.14. The molecule has 0 saturated carbocycles. The van der Waals surface area contributed by atoms with E-state index in [2.05, 4.69) is 45.9 Å². The van der Waals surface area contributed by atoms with Crippen LogP contribution in [0.25, 0.3) is 6.08 Å². The molecule has 0 saturated heterocycles. The Morgan fingerprint density at radius 3 is 2.00 bits per heavy atom. The monoisotopic (exact) mass is 159 g/mol. The third kappa shape index (κ3) is 1.76. The van der Waals surface area contributed by atoms with Gasteiger partial charge in [-0.2, -0.15) is 0 Å². The predicted octanol–water partition coefficient (Wildman–Crippen LogP) is 3.46. The highest BCUT2D eigenvalue weighted by Gasteiger charge is 1.98. The van der Waals surface area contributed by atoms with Crippen LogP contribution >= 0.6 is 0 Å². The molecular formula is C12H15. The van der Waals surface area contributed by atoms with Crippen molar-refractivity contribution in [3.05, 3.63) is 47.4 Å². The summed E-state index contributed by atoms with van der Waals surface area (Å²) in [5, 5.41) is 0. The molecule has 0 aliphatic carbocycles. The van der Waals surface area contributed by atoms with Crippen LogP contribution < -0.4 is 0 Å². The molecule has 0 aromatic heterocycles. The number of hydrogen-bond acceptors (Lipinski definition) is 0. The maximum atomic E-state index is 3.71. The average molecular weight is 159 g/mol. The van der Waals surface area contributed by atoms with Gasteiger partial charge in [-0.3, -0.25) is 0 Å². The molecule has 0 heteroatoms. The largest absolute Gasteiger partial charge is 0.0836 e. The highest BCUT2D eigenvalue weighted by Crippen LogP contribution is 2.17. The average Bonchev–Trinajstić information content (AvgIpc) is 1.96. The summed E-state index contributed by atoms with van der Waals surface area (Å²) < 4.78 is 0. The fraction of sp³-hybridized carbons (Fsp3) is 0.250. The molecule has 0 aliphatic rings. The highest BCUT2D eigenvalue weighted by atomic mass is 14.0. The lowest BCUT2D eigenvalue weighted by atomic mass is 10.00. The molecule has 0 heterocycles. The lowest BCUT2D eigenvalue weighted by Gasteiger charge is -2.06. The van der Waals surface area contributed by atoms with E-state index < -0.39 is 0 Å². The lowest BCUT2D eigenvalue weighted by Crippen LogP contribution is -1.87. The van der Waals surface area contributed by atoms with Crippen LogP contribution in [0.5, 0.6) is 0 Å². The number of rotatable bonds is 1. The topological polar surface area (TPSA) is 0 Å². The second-order valence-electron chi connectivity index (χ2n) is 3.21. The molecule has 0 fully saturated rings. The number of benzene rings is 1. The van der Waals surface area contributed by atoms with E-state index in [9.17, 15) is 0 Å². The second-order valence-corrected chi connectivity index (χ2v) is 3.21. The summed E-state index contributed by atoms with van der Waals surface area (Å²) in [6.07, 6.45) is 3.90. The van der Waals surface area contributed by atoms with Crippen LogP contribution in [0.4, 0.5) is 0 Å². The normalized spacial score (nSPS) is 11.0. The summed E-state index contributed by atoms with van der Waals surface area (Å²) in [7, 11) is 0. The van der Waals surface area contributed by atoms with E-state index in [4.69, 9.17) is 0 Å². The van der Waals surface area contributed by atoms with Crippen molar-refractivity contribution in [2.24, 2.45) is 0 Å². The molecule has 0 spiro atoms. The van der Waals surface area contributed by atoms with E-state index in [1.54, 1.807) is 0 Å². The van der Waals surface area contributed by atoms with E-state index >= 15 is 0 Å². The summed E-state index contributed by atoms with van der Waals surface area (Å²) in [6.45, 7) is 10.1. The van der Waals surface area contributed by atoms with Gasteiger partial charge in [-0.05, 0) is 44.4 Å². The Hall–Kier alpha value is -1.04. The van der Waals surface area contributed by atoms with Crippen molar-refractivity contribution in [2.75, 3.05) is 0 Å². The molecule has 0 amide bonds. The fourth-order valence-electron chi connectivity index (χ4n) is 1.57. The van der Waals surface area contributed by atoms with Crippen molar-refractivity contribution in [3.63, 3.8) is 0 Å². The molecule has 1 radical (unpaired) electrons. The summed E-state index contributed by atoms with van der Waals surface area (Å²) in [4.78, 5) is 0. The minimum atomic E-state index is 1.30. The zero-order valence-corrected chi connectivity index (χ0v) is 8.02.